The molecule has 0 radical (unpaired) electrons. The number of methoxy groups -OCH3 is 1. The van der Waals surface area contributed by atoms with Gasteiger partial charge >= 0.3 is 0 Å². The predicted molar refractivity (Wildman–Crippen MR) is 109 cm³/mol. The number of ether oxygens (including phenoxy) is 2. The van der Waals surface area contributed by atoms with Crippen LogP contribution in [0.2, 0.25) is 0 Å². The summed E-state index contributed by atoms with van der Waals surface area (Å²) >= 11 is 1.58. The topological polar surface area (TPSA) is 52.6 Å². The summed E-state index contributed by atoms with van der Waals surface area (Å²) in [5.41, 5.74) is 0.704. The smallest absolute Gasteiger partial charge is 0.186 e. The monoisotopic (exact) mass is 376 g/mol. The highest BCUT2D eigenvalue weighted by atomic mass is 32.2. The molecule has 0 aliphatic heterocycles. The van der Waals surface area contributed by atoms with Crippen LogP contribution in [0.1, 0.15) is 37.6 Å². The number of carbonyl (C=O) groups excluding carboxylic acids is 2. The normalized spacial score (nSPS) is 10.8. The summed E-state index contributed by atoms with van der Waals surface area (Å²) in [6, 6.07) is 5.58. The van der Waals surface area contributed by atoms with Gasteiger partial charge in [0.25, 0.3) is 0 Å². The Labute approximate surface area is 161 Å². The number of rotatable bonds is 10. The van der Waals surface area contributed by atoms with Gasteiger partial charge in [0.1, 0.15) is 18.6 Å². The van der Waals surface area contributed by atoms with Crippen molar-refractivity contribution in [1.29, 1.82) is 0 Å². The maximum absolute atomic E-state index is 12.3. The van der Waals surface area contributed by atoms with Gasteiger partial charge in [-0.2, -0.15) is 0 Å². The molecule has 0 aliphatic carbocycles. The molecule has 0 saturated carbocycles. The Hall–Kier alpha value is -2.11. The van der Waals surface area contributed by atoms with E-state index in [9.17, 15) is 4.79 Å². The van der Waals surface area contributed by atoms with E-state index in [4.69, 9.17) is 14.3 Å². The van der Waals surface area contributed by atoms with Crippen LogP contribution in [0.4, 0.5) is 0 Å². The van der Waals surface area contributed by atoms with Crippen molar-refractivity contribution in [2.75, 3.05) is 20.3 Å². The van der Waals surface area contributed by atoms with Crippen LogP contribution in [0.5, 0.6) is 5.75 Å². The number of allylic oxidation sites excluding steroid dienone is 5. The van der Waals surface area contributed by atoms with E-state index >= 15 is 0 Å². The molecule has 0 amide bonds. The molecular weight excluding hydrogens is 348 g/mol. The minimum absolute atomic E-state index is 0.0247. The summed E-state index contributed by atoms with van der Waals surface area (Å²) in [6.45, 7) is 10.2. The second-order valence-electron chi connectivity index (χ2n) is 5.05. The molecule has 0 unspecified atom stereocenters. The number of ketones is 1. The second-order valence-corrected chi connectivity index (χ2v) is 6.34. The van der Waals surface area contributed by atoms with E-state index in [1.165, 1.54) is 6.08 Å². The minimum atomic E-state index is 0.0247. The maximum Gasteiger partial charge on any atom is 0.186 e. The van der Waals surface area contributed by atoms with E-state index in [0.29, 0.717) is 25.1 Å². The van der Waals surface area contributed by atoms with Gasteiger partial charge in [0.15, 0.2) is 5.78 Å². The molecular formula is C21H28O4S. The molecule has 1 aromatic rings. The maximum atomic E-state index is 12.3. The van der Waals surface area contributed by atoms with Crippen LogP contribution < -0.4 is 4.74 Å². The first-order valence-corrected chi connectivity index (χ1v) is 9.19. The Morgan fingerprint density at radius 2 is 2.00 bits per heavy atom. The molecule has 0 fully saturated rings. The Bertz CT molecular complexity index is 627. The summed E-state index contributed by atoms with van der Waals surface area (Å²) in [5.74, 6) is 0.774. The molecule has 0 atom stereocenters. The highest BCUT2D eigenvalue weighted by molar-refractivity contribution is 8.03. The van der Waals surface area contributed by atoms with E-state index in [2.05, 4.69) is 6.58 Å². The number of aldehydes is 1. The highest BCUT2D eigenvalue weighted by Gasteiger charge is 2.11. The van der Waals surface area contributed by atoms with Crippen molar-refractivity contribution >= 4 is 23.8 Å². The van der Waals surface area contributed by atoms with Gasteiger partial charge in [0.2, 0.25) is 0 Å². The molecule has 1 rings (SSSR count). The van der Waals surface area contributed by atoms with E-state index in [1.807, 2.05) is 51.1 Å². The largest absolute Gasteiger partial charge is 0.491 e. The van der Waals surface area contributed by atoms with Gasteiger partial charge in [-0.25, -0.2) is 0 Å². The number of hydrogen-bond donors (Lipinski definition) is 0. The zero-order valence-electron chi connectivity index (χ0n) is 16.0. The second kappa shape index (κ2) is 15.2. The van der Waals surface area contributed by atoms with Crippen molar-refractivity contribution in [2.45, 2.75) is 32.1 Å². The van der Waals surface area contributed by atoms with Gasteiger partial charge in [-0.3, -0.25) is 9.59 Å². The fraction of sp³-hybridized carbons (Fsp3) is 0.333. The van der Waals surface area contributed by atoms with E-state index in [1.54, 1.807) is 24.9 Å². The van der Waals surface area contributed by atoms with Crippen LogP contribution in [-0.4, -0.2) is 32.4 Å². The molecule has 1 aromatic carbocycles. The summed E-state index contributed by atoms with van der Waals surface area (Å²) in [4.78, 5) is 23.4. The molecule has 142 valence electrons. The Balaban J connectivity index is 0.00000141. The molecule has 0 bridgehead atoms. The van der Waals surface area contributed by atoms with Gasteiger partial charge in [0, 0.05) is 17.6 Å². The lowest BCUT2D eigenvalue weighted by Crippen LogP contribution is -2.05. The van der Waals surface area contributed by atoms with Gasteiger partial charge in [-0.1, -0.05) is 37.4 Å². The van der Waals surface area contributed by atoms with Crippen LogP contribution in [0.25, 0.3) is 0 Å². The molecule has 26 heavy (non-hydrogen) atoms. The molecule has 0 aliphatic rings. The van der Waals surface area contributed by atoms with Crippen LogP contribution in [0.3, 0.4) is 0 Å². The van der Waals surface area contributed by atoms with Crippen LogP contribution in [0.15, 0.2) is 58.9 Å². The predicted octanol–water partition coefficient (Wildman–Crippen LogP) is 5.25. The zero-order valence-corrected chi connectivity index (χ0v) is 16.8. The standard InChI is InChI=1S/C18H24O3S.C3H4O/c1-5-7-8-17(19)16-10-9-15(21-12-11-20-4)13-18(16)22-14(3)6-2;1-2-3-4/h6-10,13H,5,11-12H2,1-4H3;2-3H,1H2/b8-7+,14-6+;. The first-order valence-electron chi connectivity index (χ1n) is 8.37. The first kappa shape index (κ1) is 23.9. The third kappa shape index (κ3) is 10.0. The Morgan fingerprint density at radius 3 is 2.54 bits per heavy atom. The number of carbonyl (C=O) groups is 2. The summed E-state index contributed by atoms with van der Waals surface area (Å²) in [6.07, 6.45) is 8.22. The molecule has 4 nitrogen and oxygen atoms in total. The SMILES string of the molecule is C/C=C(\C)Sc1cc(OCCOC)ccc1C(=O)/C=C/CC.C=CC=O. The van der Waals surface area contributed by atoms with Gasteiger partial charge in [0.05, 0.1) is 6.61 Å². The van der Waals surface area contributed by atoms with E-state index in [-0.39, 0.29) is 5.78 Å². The number of benzene rings is 1. The lowest BCUT2D eigenvalue weighted by atomic mass is 10.1. The van der Waals surface area contributed by atoms with Crippen LogP contribution in [0, 0.1) is 0 Å². The molecule has 0 saturated heterocycles. The third-order valence-electron chi connectivity index (χ3n) is 3.05. The van der Waals surface area contributed by atoms with E-state index in [0.717, 1.165) is 22.0 Å². The fourth-order valence-corrected chi connectivity index (χ4v) is 2.59. The average molecular weight is 377 g/mol. The van der Waals surface area contributed by atoms with Crippen LogP contribution >= 0.6 is 11.8 Å². The molecule has 0 heterocycles. The lowest BCUT2D eigenvalue weighted by molar-refractivity contribution is -0.104. The van der Waals surface area contributed by atoms with Crippen molar-refractivity contribution in [2.24, 2.45) is 0 Å². The molecule has 0 spiro atoms. The van der Waals surface area contributed by atoms with Crippen molar-refractivity contribution in [3.05, 3.63) is 59.6 Å². The minimum Gasteiger partial charge on any atom is -0.491 e. The zero-order chi connectivity index (χ0) is 19.8. The van der Waals surface area contributed by atoms with Gasteiger partial charge in [-0.05, 0) is 55.5 Å². The Morgan fingerprint density at radius 1 is 1.31 bits per heavy atom. The molecule has 5 heteroatoms. The summed E-state index contributed by atoms with van der Waals surface area (Å²) < 4.78 is 10.6. The fourth-order valence-electron chi connectivity index (χ4n) is 1.67. The Kier molecular flexibility index (Phi) is 13.9. The summed E-state index contributed by atoms with van der Waals surface area (Å²) in [5, 5.41) is 0. The van der Waals surface area contributed by atoms with Crippen molar-refractivity contribution < 1.29 is 19.1 Å². The quantitative estimate of drug-likeness (QED) is 0.184. The van der Waals surface area contributed by atoms with E-state index < -0.39 is 0 Å². The van der Waals surface area contributed by atoms with Gasteiger partial charge < -0.3 is 9.47 Å². The van der Waals surface area contributed by atoms with Crippen molar-refractivity contribution in [1.82, 2.24) is 0 Å². The van der Waals surface area contributed by atoms with Gasteiger partial charge in [-0.15, -0.1) is 0 Å². The summed E-state index contributed by atoms with van der Waals surface area (Å²) in [7, 11) is 1.64. The van der Waals surface area contributed by atoms with Crippen molar-refractivity contribution in [3.8, 4) is 5.75 Å². The molecule has 0 aromatic heterocycles. The first-order chi connectivity index (χ1) is 12.5. The lowest BCUT2D eigenvalue weighted by Gasteiger charge is -2.11. The van der Waals surface area contributed by atoms with Crippen molar-refractivity contribution in [3.63, 3.8) is 0 Å². The average Bonchev–Trinajstić information content (AvgIpc) is 2.66. The van der Waals surface area contributed by atoms with Crippen LogP contribution in [-0.2, 0) is 9.53 Å². The number of thioether (sulfide) groups is 1. The third-order valence-corrected chi connectivity index (χ3v) is 4.17. The highest BCUT2D eigenvalue weighted by Crippen LogP contribution is 2.32. The number of hydrogen-bond acceptors (Lipinski definition) is 5. The molecule has 0 N–H and O–H groups in total.